The molecule has 7 nitrogen and oxygen atoms in total. The van der Waals surface area contributed by atoms with Crippen LogP contribution < -0.4 is 25.1 Å². The van der Waals surface area contributed by atoms with Gasteiger partial charge in [-0.2, -0.15) is 13.2 Å². The van der Waals surface area contributed by atoms with E-state index in [1.807, 2.05) is 0 Å². The van der Waals surface area contributed by atoms with Crippen LogP contribution in [0.3, 0.4) is 0 Å². The highest BCUT2D eigenvalue weighted by molar-refractivity contribution is 6.35. The predicted molar refractivity (Wildman–Crippen MR) is 117 cm³/mol. The van der Waals surface area contributed by atoms with Crippen LogP contribution in [0.5, 0.6) is 17.2 Å². The summed E-state index contributed by atoms with van der Waals surface area (Å²) in [7, 11) is 2.79. The van der Waals surface area contributed by atoms with Gasteiger partial charge in [-0.15, -0.1) is 0 Å². The Labute approximate surface area is 197 Å². The van der Waals surface area contributed by atoms with Crippen molar-refractivity contribution in [1.29, 1.82) is 0 Å². The molecule has 0 bridgehead atoms. The van der Waals surface area contributed by atoms with Crippen molar-refractivity contribution in [3.63, 3.8) is 0 Å². The van der Waals surface area contributed by atoms with Crippen LogP contribution in [0.2, 0.25) is 5.02 Å². The first-order chi connectivity index (χ1) is 16.0. The highest BCUT2D eigenvalue weighted by Gasteiger charge is 2.59. The molecule has 2 aromatic carbocycles. The SMILES string of the molecule is COc1cc(OC)c2c(c1Cl)O[C@]1(C2=O)C(NNc2ccc(C(F)(F)F)cc2)=CC(=O)C[C@H]1C. The number of nitrogens with one attached hydrogen (secondary N) is 2. The van der Waals surface area contributed by atoms with Crippen molar-refractivity contribution in [2.24, 2.45) is 5.92 Å². The fraction of sp³-hybridized carbons (Fsp3) is 0.304. The monoisotopic (exact) mass is 496 g/mol. The highest BCUT2D eigenvalue weighted by Crippen LogP contribution is 2.54. The van der Waals surface area contributed by atoms with Crippen LogP contribution in [0.1, 0.15) is 29.3 Å². The van der Waals surface area contributed by atoms with E-state index in [2.05, 4.69) is 10.9 Å². The molecule has 0 saturated carbocycles. The van der Waals surface area contributed by atoms with Crippen molar-refractivity contribution in [1.82, 2.24) is 5.43 Å². The molecule has 11 heteroatoms. The lowest BCUT2D eigenvalue weighted by Crippen LogP contribution is -2.55. The number of Topliss-reactive ketones (excluding diaryl/α,β-unsaturated/α-hetero) is 1. The second-order valence-corrected chi connectivity index (χ2v) is 8.30. The summed E-state index contributed by atoms with van der Waals surface area (Å²) in [6, 6.07) is 5.72. The van der Waals surface area contributed by atoms with Crippen molar-refractivity contribution in [3.05, 3.63) is 58.3 Å². The van der Waals surface area contributed by atoms with Gasteiger partial charge in [-0.1, -0.05) is 18.5 Å². The smallest absolute Gasteiger partial charge is 0.416 e. The summed E-state index contributed by atoms with van der Waals surface area (Å²) in [4.78, 5) is 26.1. The van der Waals surface area contributed by atoms with Crippen LogP contribution in [0.4, 0.5) is 18.9 Å². The number of ketones is 2. The predicted octanol–water partition coefficient (Wildman–Crippen LogP) is 4.80. The number of methoxy groups -OCH3 is 2. The van der Waals surface area contributed by atoms with Gasteiger partial charge in [0.15, 0.2) is 11.5 Å². The van der Waals surface area contributed by atoms with Gasteiger partial charge in [-0.05, 0) is 24.3 Å². The maximum absolute atomic E-state index is 13.7. The molecular weight excluding hydrogens is 477 g/mol. The third-order valence-corrected chi connectivity index (χ3v) is 6.24. The molecular formula is C23H20ClF3N2O5. The van der Waals surface area contributed by atoms with Crippen LogP contribution in [-0.2, 0) is 11.0 Å². The third kappa shape index (κ3) is 3.71. The second-order valence-electron chi connectivity index (χ2n) is 7.92. The van der Waals surface area contributed by atoms with E-state index in [0.29, 0.717) is 0 Å². The minimum absolute atomic E-state index is 0.0300. The fourth-order valence-electron chi connectivity index (χ4n) is 4.15. The Morgan fingerprint density at radius 2 is 1.74 bits per heavy atom. The standard InChI is InChI=1S/C23H20ClF3N2O5/c1-11-8-14(30)9-17(29-28-13-6-4-12(5-7-13)23(25,26)27)22(11)21(31)18-15(32-2)10-16(33-3)19(24)20(18)34-22/h4-7,9-11,28-29H,8H2,1-3H3/t11-,22+/m1/s1. The lowest BCUT2D eigenvalue weighted by molar-refractivity contribution is -0.137. The Morgan fingerprint density at radius 3 is 2.32 bits per heavy atom. The molecule has 1 spiro atoms. The molecule has 0 aromatic heterocycles. The van der Waals surface area contributed by atoms with Crippen molar-refractivity contribution in [2.45, 2.75) is 25.1 Å². The number of halogens is 4. The van der Waals surface area contributed by atoms with Gasteiger partial charge in [0.25, 0.3) is 0 Å². The molecule has 4 rings (SSSR count). The van der Waals surface area contributed by atoms with Gasteiger partial charge in [-0.25, -0.2) is 0 Å². The minimum Gasteiger partial charge on any atom is -0.496 e. The van der Waals surface area contributed by atoms with E-state index in [1.54, 1.807) is 6.92 Å². The molecule has 180 valence electrons. The van der Waals surface area contributed by atoms with Gasteiger partial charge in [0, 0.05) is 24.5 Å². The number of alkyl halides is 3. The molecule has 0 saturated heterocycles. The first kappa shape index (κ1) is 23.7. The summed E-state index contributed by atoms with van der Waals surface area (Å²) in [5.41, 5.74) is 3.55. The lowest BCUT2D eigenvalue weighted by atomic mass is 9.74. The van der Waals surface area contributed by atoms with Crippen molar-refractivity contribution in [3.8, 4) is 17.2 Å². The molecule has 0 radical (unpaired) electrons. The third-order valence-electron chi connectivity index (χ3n) is 5.88. The molecule has 34 heavy (non-hydrogen) atoms. The number of ether oxygens (including phenoxy) is 3. The Balaban J connectivity index is 1.71. The molecule has 1 aliphatic heterocycles. The summed E-state index contributed by atoms with van der Waals surface area (Å²) in [6.07, 6.45) is -3.21. The topological polar surface area (TPSA) is 85.9 Å². The molecule has 0 unspecified atom stereocenters. The average Bonchev–Trinajstić information content (AvgIpc) is 3.10. The van der Waals surface area contributed by atoms with Crippen LogP contribution in [0.15, 0.2) is 42.1 Å². The van der Waals surface area contributed by atoms with Crippen LogP contribution in [0, 0.1) is 5.92 Å². The van der Waals surface area contributed by atoms with Crippen LogP contribution in [-0.4, -0.2) is 31.4 Å². The molecule has 0 fully saturated rings. The second kappa shape index (κ2) is 8.43. The van der Waals surface area contributed by atoms with E-state index in [4.69, 9.17) is 25.8 Å². The van der Waals surface area contributed by atoms with Gasteiger partial charge in [0.05, 0.1) is 31.2 Å². The molecule has 1 aliphatic carbocycles. The first-order valence-electron chi connectivity index (χ1n) is 10.2. The van der Waals surface area contributed by atoms with Crippen molar-refractivity contribution in [2.75, 3.05) is 19.6 Å². The summed E-state index contributed by atoms with van der Waals surface area (Å²) in [5, 5.41) is 0.0719. The Hall–Kier alpha value is -3.40. The van der Waals surface area contributed by atoms with Gasteiger partial charge in [0.1, 0.15) is 22.1 Å². The summed E-state index contributed by atoms with van der Waals surface area (Å²) >= 11 is 6.43. The van der Waals surface area contributed by atoms with Crippen molar-refractivity contribution >= 4 is 28.9 Å². The number of fused-ring (bicyclic) bond motifs is 1. The number of rotatable bonds is 5. The Kier molecular flexibility index (Phi) is 5.89. The number of hydrogen-bond acceptors (Lipinski definition) is 7. The zero-order valence-corrected chi connectivity index (χ0v) is 19.1. The van der Waals surface area contributed by atoms with E-state index in [0.717, 1.165) is 12.1 Å². The fourth-order valence-corrected chi connectivity index (χ4v) is 4.42. The van der Waals surface area contributed by atoms with E-state index in [9.17, 15) is 22.8 Å². The van der Waals surface area contributed by atoms with Gasteiger partial charge in [0.2, 0.25) is 11.4 Å². The highest BCUT2D eigenvalue weighted by atomic mass is 35.5. The van der Waals surface area contributed by atoms with Gasteiger partial charge >= 0.3 is 6.18 Å². The summed E-state index contributed by atoms with van der Waals surface area (Å²) in [5.74, 6) is -0.838. The van der Waals surface area contributed by atoms with Crippen molar-refractivity contribution < 1.29 is 37.0 Å². The zero-order chi connectivity index (χ0) is 24.8. The van der Waals surface area contributed by atoms with Gasteiger partial charge < -0.3 is 25.1 Å². The van der Waals surface area contributed by atoms with E-state index in [-0.39, 0.29) is 51.4 Å². The Bertz CT molecular complexity index is 1200. The Morgan fingerprint density at radius 1 is 1.09 bits per heavy atom. The van der Waals surface area contributed by atoms with Crippen LogP contribution >= 0.6 is 11.6 Å². The number of carbonyl (C=O) groups excluding carboxylic acids is 2. The average molecular weight is 497 g/mol. The molecule has 0 amide bonds. The quantitative estimate of drug-likeness (QED) is 0.575. The van der Waals surface area contributed by atoms with Crippen LogP contribution in [0.25, 0.3) is 0 Å². The van der Waals surface area contributed by atoms with Gasteiger partial charge in [-0.3, -0.25) is 9.59 Å². The number of hydrazine groups is 1. The summed E-state index contributed by atoms with van der Waals surface area (Å²) < 4.78 is 55.3. The number of allylic oxidation sites excluding steroid dienone is 1. The van der Waals surface area contributed by atoms with E-state index in [1.165, 1.54) is 38.5 Å². The zero-order valence-electron chi connectivity index (χ0n) is 18.3. The molecule has 2 aromatic rings. The number of hydrogen-bond donors (Lipinski definition) is 2. The number of benzene rings is 2. The maximum atomic E-state index is 13.7. The molecule has 1 heterocycles. The molecule has 2 aliphatic rings. The normalized spacial score (nSPS) is 21.6. The maximum Gasteiger partial charge on any atom is 0.416 e. The minimum atomic E-state index is -4.47. The number of carbonyl (C=O) groups is 2. The van der Waals surface area contributed by atoms with E-state index >= 15 is 0 Å². The van der Waals surface area contributed by atoms with E-state index < -0.39 is 29.0 Å². The lowest BCUT2D eigenvalue weighted by Gasteiger charge is -2.38. The number of anilines is 1. The largest absolute Gasteiger partial charge is 0.496 e. The summed E-state index contributed by atoms with van der Waals surface area (Å²) in [6.45, 7) is 1.69. The first-order valence-corrected chi connectivity index (χ1v) is 10.5. The molecule has 2 atom stereocenters. The molecule has 2 N–H and O–H groups in total.